The van der Waals surface area contributed by atoms with Crippen molar-refractivity contribution < 1.29 is 0 Å². The molecule has 0 spiro atoms. The van der Waals surface area contributed by atoms with Gasteiger partial charge in [-0.1, -0.05) is 13.8 Å². The van der Waals surface area contributed by atoms with Crippen molar-refractivity contribution in [3.63, 3.8) is 0 Å². The van der Waals surface area contributed by atoms with Gasteiger partial charge in [-0.25, -0.2) is 4.98 Å². The molecule has 3 rings (SSSR count). The molecule has 0 aromatic carbocycles. The molecule has 3 heterocycles. The van der Waals surface area contributed by atoms with Crippen LogP contribution >= 0.6 is 35.3 Å². The van der Waals surface area contributed by atoms with Crippen LogP contribution in [0.3, 0.4) is 0 Å². The first kappa shape index (κ1) is 21.9. The third kappa shape index (κ3) is 6.34. The molecule has 0 saturated carbocycles. The standard InChI is InChI=1S/C19H33N5S.HI/c1-3-18-22-17(14-25-18)13-23-9-6-16(7-10-23)11-21-19(20)24-8-4-5-15(2)12-24;/h14-16H,3-13H2,1-2H3,(H2,20,21);1H. The van der Waals surface area contributed by atoms with Crippen molar-refractivity contribution in [3.05, 3.63) is 16.1 Å². The molecule has 0 radical (unpaired) electrons. The lowest BCUT2D eigenvalue weighted by Crippen LogP contribution is -2.44. The predicted molar refractivity (Wildman–Crippen MR) is 121 cm³/mol. The minimum atomic E-state index is 0. The largest absolute Gasteiger partial charge is 0.370 e. The Morgan fingerprint density at radius 3 is 2.73 bits per heavy atom. The van der Waals surface area contributed by atoms with E-state index in [0.717, 1.165) is 57.6 Å². The van der Waals surface area contributed by atoms with Crippen molar-refractivity contribution in [2.24, 2.45) is 22.6 Å². The number of aliphatic imine (C=N–C) groups is 1. The van der Waals surface area contributed by atoms with Gasteiger partial charge in [-0.15, -0.1) is 35.3 Å². The van der Waals surface area contributed by atoms with Gasteiger partial charge in [0.05, 0.1) is 10.7 Å². The predicted octanol–water partition coefficient (Wildman–Crippen LogP) is 3.58. The summed E-state index contributed by atoms with van der Waals surface area (Å²) in [5.74, 6) is 2.19. The zero-order valence-electron chi connectivity index (χ0n) is 16.2. The Labute approximate surface area is 179 Å². The zero-order chi connectivity index (χ0) is 17.6. The first-order valence-corrected chi connectivity index (χ1v) is 10.7. The Kier molecular flexibility index (Phi) is 9.09. The Bertz CT molecular complexity index is 568. The molecule has 0 amide bonds. The van der Waals surface area contributed by atoms with E-state index in [4.69, 9.17) is 15.7 Å². The van der Waals surface area contributed by atoms with Crippen LogP contribution in [0, 0.1) is 11.8 Å². The Hall–Kier alpha value is -0.410. The number of halogens is 1. The van der Waals surface area contributed by atoms with Gasteiger partial charge in [0.1, 0.15) is 0 Å². The highest BCUT2D eigenvalue weighted by atomic mass is 127. The molecule has 2 aliphatic heterocycles. The van der Waals surface area contributed by atoms with Crippen molar-refractivity contribution in [2.45, 2.75) is 52.5 Å². The SMILES string of the molecule is CCc1nc(CN2CCC(CN=C(N)N3CCCC(C)C3)CC2)cs1.I. The summed E-state index contributed by atoms with van der Waals surface area (Å²) < 4.78 is 0. The van der Waals surface area contributed by atoms with Crippen LogP contribution in [-0.4, -0.2) is 53.5 Å². The lowest BCUT2D eigenvalue weighted by Gasteiger charge is -2.33. The molecule has 7 heteroatoms. The number of aryl methyl sites for hydroxylation is 1. The first-order chi connectivity index (χ1) is 12.1. The minimum Gasteiger partial charge on any atom is -0.370 e. The van der Waals surface area contributed by atoms with Crippen molar-refractivity contribution >= 4 is 41.3 Å². The van der Waals surface area contributed by atoms with E-state index in [1.54, 1.807) is 11.3 Å². The van der Waals surface area contributed by atoms with Crippen molar-refractivity contribution in [2.75, 3.05) is 32.7 Å². The Balaban J connectivity index is 0.00000243. The topological polar surface area (TPSA) is 57.8 Å². The van der Waals surface area contributed by atoms with E-state index in [2.05, 4.69) is 29.0 Å². The van der Waals surface area contributed by atoms with E-state index in [1.807, 2.05) is 0 Å². The quantitative estimate of drug-likeness (QED) is 0.389. The number of hydrogen-bond acceptors (Lipinski definition) is 4. The monoisotopic (exact) mass is 491 g/mol. The molecule has 0 aliphatic carbocycles. The van der Waals surface area contributed by atoms with Crippen LogP contribution in [0.25, 0.3) is 0 Å². The lowest BCUT2D eigenvalue weighted by molar-refractivity contribution is 0.178. The molecule has 1 atom stereocenters. The third-order valence-electron chi connectivity index (χ3n) is 5.49. The maximum atomic E-state index is 6.23. The normalized spacial score (nSPS) is 23.1. The summed E-state index contributed by atoms with van der Waals surface area (Å²) in [4.78, 5) is 14.2. The molecular formula is C19H34IN5S. The molecule has 5 nitrogen and oxygen atoms in total. The second-order valence-electron chi connectivity index (χ2n) is 7.70. The van der Waals surface area contributed by atoms with E-state index >= 15 is 0 Å². The van der Waals surface area contributed by atoms with Crippen molar-refractivity contribution in [3.8, 4) is 0 Å². The third-order valence-corrected chi connectivity index (χ3v) is 6.53. The van der Waals surface area contributed by atoms with Crippen LogP contribution in [-0.2, 0) is 13.0 Å². The number of guanidine groups is 1. The summed E-state index contributed by atoms with van der Waals surface area (Å²) in [7, 11) is 0. The zero-order valence-corrected chi connectivity index (χ0v) is 19.3. The fourth-order valence-electron chi connectivity index (χ4n) is 3.86. The molecule has 2 N–H and O–H groups in total. The molecule has 2 aliphatic rings. The smallest absolute Gasteiger partial charge is 0.191 e. The van der Waals surface area contributed by atoms with Gasteiger partial charge < -0.3 is 10.6 Å². The highest BCUT2D eigenvalue weighted by molar-refractivity contribution is 14.0. The van der Waals surface area contributed by atoms with Gasteiger partial charge >= 0.3 is 0 Å². The number of nitrogens with two attached hydrogens (primary N) is 1. The minimum absolute atomic E-state index is 0. The molecule has 0 bridgehead atoms. The van der Waals surface area contributed by atoms with Crippen LogP contribution in [0.5, 0.6) is 0 Å². The highest BCUT2D eigenvalue weighted by Gasteiger charge is 2.21. The van der Waals surface area contributed by atoms with Gasteiger partial charge in [0.25, 0.3) is 0 Å². The molecule has 2 saturated heterocycles. The fourth-order valence-corrected chi connectivity index (χ4v) is 4.60. The molecule has 1 unspecified atom stereocenters. The van der Waals surface area contributed by atoms with E-state index in [0.29, 0.717) is 5.92 Å². The van der Waals surface area contributed by atoms with Crippen LogP contribution in [0.2, 0.25) is 0 Å². The molecule has 2 fully saturated rings. The summed E-state index contributed by atoms with van der Waals surface area (Å²) in [5.41, 5.74) is 7.47. The number of likely N-dealkylation sites (tertiary alicyclic amines) is 2. The molecule has 148 valence electrons. The van der Waals surface area contributed by atoms with Crippen LogP contribution in [0.1, 0.15) is 50.2 Å². The highest BCUT2D eigenvalue weighted by Crippen LogP contribution is 2.21. The lowest BCUT2D eigenvalue weighted by atomic mass is 9.97. The molecule has 1 aromatic rings. The number of piperidine rings is 2. The fraction of sp³-hybridized carbons (Fsp3) is 0.789. The van der Waals surface area contributed by atoms with Gasteiger partial charge in [0.2, 0.25) is 0 Å². The Morgan fingerprint density at radius 2 is 2.08 bits per heavy atom. The van der Waals surface area contributed by atoms with Crippen LogP contribution in [0.15, 0.2) is 10.4 Å². The Morgan fingerprint density at radius 1 is 1.31 bits per heavy atom. The van der Waals surface area contributed by atoms with Gasteiger partial charge in [0, 0.05) is 31.6 Å². The number of aromatic nitrogens is 1. The van der Waals surface area contributed by atoms with E-state index < -0.39 is 0 Å². The first-order valence-electron chi connectivity index (χ1n) is 9.84. The average Bonchev–Trinajstić information content (AvgIpc) is 3.08. The maximum absolute atomic E-state index is 6.23. The van der Waals surface area contributed by atoms with E-state index in [9.17, 15) is 0 Å². The number of rotatable bonds is 5. The summed E-state index contributed by atoms with van der Waals surface area (Å²) in [6.45, 7) is 10.8. The van der Waals surface area contributed by atoms with Gasteiger partial charge in [0.15, 0.2) is 5.96 Å². The van der Waals surface area contributed by atoms with Crippen molar-refractivity contribution in [1.29, 1.82) is 0 Å². The second kappa shape index (κ2) is 10.8. The molecule has 26 heavy (non-hydrogen) atoms. The second-order valence-corrected chi connectivity index (χ2v) is 8.64. The van der Waals surface area contributed by atoms with Gasteiger partial charge in [-0.05, 0) is 57.0 Å². The average molecular weight is 491 g/mol. The molecule has 1 aromatic heterocycles. The summed E-state index contributed by atoms with van der Waals surface area (Å²) in [6.07, 6.45) is 6.05. The van der Waals surface area contributed by atoms with Gasteiger partial charge in [-0.3, -0.25) is 9.89 Å². The summed E-state index contributed by atoms with van der Waals surface area (Å²) in [5, 5.41) is 3.47. The number of nitrogens with zero attached hydrogens (tertiary/aromatic N) is 4. The number of thiazole rings is 1. The number of hydrogen-bond donors (Lipinski definition) is 1. The summed E-state index contributed by atoms with van der Waals surface area (Å²) in [6, 6.07) is 0. The van der Waals surface area contributed by atoms with E-state index in [1.165, 1.54) is 36.4 Å². The summed E-state index contributed by atoms with van der Waals surface area (Å²) >= 11 is 1.79. The van der Waals surface area contributed by atoms with Crippen molar-refractivity contribution in [1.82, 2.24) is 14.8 Å². The maximum Gasteiger partial charge on any atom is 0.191 e. The van der Waals surface area contributed by atoms with Gasteiger partial charge in [-0.2, -0.15) is 0 Å². The van der Waals surface area contributed by atoms with Crippen LogP contribution < -0.4 is 5.73 Å². The van der Waals surface area contributed by atoms with E-state index in [-0.39, 0.29) is 24.0 Å². The van der Waals surface area contributed by atoms with Crippen LogP contribution in [0.4, 0.5) is 0 Å². The molecular weight excluding hydrogens is 457 g/mol.